The van der Waals surface area contributed by atoms with Gasteiger partial charge >= 0.3 is 0 Å². The van der Waals surface area contributed by atoms with Crippen molar-refractivity contribution in [1.82, 2.24) is 10.2 Å². The van der Waals surface area contributed by atoms with Gasteiger partial charge in [0.1, 0.15) is 5.82 Å². The summed E-state index contributed by atoms with van der Waals surface area (Å²) in [4.78, 5) is 2.22. The van der Waals surface area contributed by atoms with Gasteiger partial charge in [0.25, 0.3) is 0 Å². The van der Waals surface area contributed by atoms with Crippen molar-refractivity contribution < 1.29 is 4.39 Å². The summed E-state index contributed by atoms with van der Waals surface area (Å²) in [6, 6.07) is 7.03. The molecule has 1 aliphatic rings. The zero-order valence-corrected chi connectivity index (χ0v) is 10.6. The average molecular weight is 260 g/mol. The first-order valence-corrected chi connectivity index (χ1v) is 6.54. The molecule has 0 spiro atoms. The normalized spacial score (nSPS) is 16.8. The van der Waals surface area contributed by atoms with Crippen LogP contribution in [-0.2, 0) is 0 Å². The molecule has 0 unspecified atom stereocenters. The zero-order valence-electron chi connectivity index (χ0n) is 10.6. The Morgan fingerprint density at radius 1 is 1.26 bits per heavy atom. The smallest absolute Gasteiger partial charge is 0.132 e. The highest BCUT2D eigenvalue weighted by atomic mass is 19.1. The van der Waals surface area contributed by atoms with E-state index in [-0.39, 0.29) is 11.9 Å². The third-order valence-electron chi connectivity index (χ3n) is 3.64. The number of hydrogen-bond acceptors (Lipinski definition) is 3. The molecule has 1 fully saturated rings. The van der Waals surface area contributed by atoms with E-state index in [9.17, 15) is 4.39 Å². The summed E-state index contributed by atoms with van der Waals surface area (Å²) in [6.07, 6.45) is 3.68. The number of anilines is 1. The van der Waals surface area contributed by atoms with E-state index in [0.717, 1.165) is 37.3 Å². The molecular formula is C14H17FN4. The van der Waals surface area contributed by atoms with Crippen molar-refractivity contribution in [2.75, 3.05) is 18.0 Å². The van der Waals surface area contributed by atoms with Crippen LogP contribution in [0.25, 0.3) is 11.3 Å². The van der Waals surface area contributed by atoms with Crippen LogP contribution < -0.4 is 10.6 Å². The van der Waals surface area contributed by atoms with Crippen LogP contribution in [0.3, 0.4) is 0 Å². The lowest BCUT2D eigenvalue weighted by Gasteiger charge is -2.31. The number of piperidine rings is 1. The second-order valence-corrected chi connectivity index (χ2v) is 4.93. The Kier molecular flexibility index (Phi) is 3.21. The van der Waals surface area contributed by atoms with Crippen molar-refractivity contribution in [3.8, 4) is 11.3 Å². The highest BCUT2D eigenvalue weighted by Crippen LogP contribution is 2.31. The average Bonchev–Trinajstić information content (AvgIpc) is 2.89. The Morgan fingerprint density at radius 3 is 2.74 bits per heavy atom. The Bertz CT molecular complexity index is 558. The molecular weight excluding hydrogens is 243 g/mol. The minimum Gasteiger partial charge on any atom is -0.368 e. The van der Waals surface area contributed by atoms with Gasteiger partial charge in [-0.2, -0.15) is 5.10 Å². The van der Waals surface area contributed by atoms with E-state index in [4.69, 9.17) is 5.73 Å². The summed E-state index contributed by atoms with van der Waals surface area (Å²) in [5, 5.41) is 6.98. The van der Waals surface area contributed by atoms with E-state index in [2.05, 4.69) is 15.1 Å². The fourth-order valence-electron chi connectivity index (χ4n) is 2.52. The Morgan fingerprint density at radius 2 is 2.00 bits per heavy atom. The minimum atomic E-state index is -0.235. The second-order valence-electron chi connectivity index (χ2n) is 4.93. The van der Waals surface area contributed by atoms with Crippen LogP contribution in [0.15, 0.2) is 30.5 Å². The predicted octanol–water partition coefficient (Wildman–Crippen LogP) is 2.14. The number of benzene rings is 1. The Hall–Kier alpha value is -1.88. The van der Waals surface area contributed by atoms with Gasteiger partial charge in [-0.15, -0.1) is 0 Å². The number of aromatic amines is 1. The molecule has 100 valence electrons. The standard InChI is InChI=1S/C14H17FN4/c15-12-4-2-1-3-11(12)14-13(9-17-18-14)19-7-5-10(16)6-8-19/h1-4,9-10H,5-8,16H2,(H,17,18). The number of rotatable bonds is 2. The third-order valence-corrected chi connectivity index (χ3v) is 3.64. The SMILES string of the molecule is NC1CCN(c2cn[nH]c2-c2ccccc2F)CC1. The molecule has 3 rings (SSSR count). The molecule has 0 aliphatic carbocycles. The van der Waals surface area contributed by atoms with Crippen LogP contribution in [-0.4, -0.2) is 29.3 Å². The molecule has 1 aromatic heterocycles. The molecule has 0 atom stereocenters. The highest BCUT2D eigenvalue weighted by Gasteiger charge is 2.21. The monoisotopic (exact) mass is 260 g/mol. The van der Waals surface area contributed by atoms with E-state index in [1.165, 1.54) is 6.07 Å². The Labute approximate surface area is 111 Å². The van der Waals surface area contributed by atoms with Gasteiger partial charge in [0.15, 0.2) is 0 Å². The van der Waals surface area contributed by atoms with Crippen LogP contribution in [0, 0.1) is 5.82 Å². The largest absolute Gasteiger partial charge is 0.368 e. The molecule has 2 aromatic rings. The first-order valence-electron chi connectivity index (χ1n) is 6.54. The number of halogens is 1. The van der Waals surface area contributed by atoms with Gasteiger partial charge in [-0.25, -0.2) is 4.39 Å². The van der Waals surface area contributed by atoms with E-state index in [1.54, 1.807) is 18.3 Å². The molecule has 0 amide bonds. The third kappa shape index (κ3) is 2.33. The fourth-order valence-corrected chi connectivity index (χ4v) is 2.52. The second kappa shape index (κ2) is 5.01. The van der Waals surface area contributed by atoms with E-state index in [1.807, 2.05) is 6.07 Å². The fraction of sp³-hybridized carbons (Fsp3) is 0.357. The lowest BCUT2D eigenvalue weighted by molar-refractivity contribution is 0.501. The molecule has 0 saturated carbocycles. The van der Waals surface area contributed by atoms with Crippen LogP contribution in [0.2, 0.25) is 0 Å². The summed E-state index contributed by atoms with van der Waals surface area (Å²) in [7, 11) is 0. The summed E-state index contributed by atoms with van der Waals surface area (Å²) in [5.74, 6) is -0.235. The maximum atomic E-state index is 13.9. The molecule has 2 heterocycles. The van der Waals surface area contributed by atoms with Crippen molar-refractivity contribution in [3.05, 3.63) is 36.3 Å². The molecule has 3 N–H and O–H groups in total. The van der Waals surface area contributed by atoms with Gasteiger partial charge in [0.2, 0.25) is 0 Å². The van der Waals surface area contributed by atoms with E-state index in [0.29, 0.717) is 5.56 Å². The van der Waals surface area contributed by atoms with Gasteiger partial charge in [-0.3, -0.25) is 5.10 Å². The van der Waals surface area contributed by atoms with Crippen LogP contribution in [0.4, 0.5) is 10.1 Å². The number of H-pyrrole nitrogens is 1. The molecule has 1 aromatic carbocycles. The summed E-state index contributed by atoms with van der Waals surface area (Å²) >= 11 is 0. The lowest BCUT2D eigenvalue weighted by atomic mass is 10.0. The minimum absolute atomic E-state index is 0.235. The van der Waals surface area contributed by atoms with Crippen LogP contribution in [0.1, 0.15) is 12.8 Å². The zero-order chi connectivity index (χ0) is 13.2. The predicted molar refractivity (Wildman–Crippen MR) is 73.4 cm³/mol. The first-order chi connectivity index (χ1) is 9.25. The van der Waals surface area contributed by atoms with Gasteiger partial charge < -0.3 is 10.6 Å². The van der Waals surface area contributed by atoms with E-state index >= 15 is 0 Å². The molecule has 0 bridgehead atoms. The highest BCUT2D eigenvalue weighted by molar-refractivity contribution is 5.75. The molecule has 0 radical (unpaired) electrons. The van der Waals surface area contributed by atoms with Crippen molar-refractivity contribution in [2.24, 2.45) is 5.73 Å². The van der Waals surface area contributed by atoms with Crippen LogP contribution >= 0.6 is 0 Å². The molecule has 5 heteroatoms. The van der Waals surface area contributed by atoms with Gasteiger partial charge in [-0.1, -0.05) is 12.1 Å². The van der Waals surface area contributed by atoms with Gasteiger partial charge in [-0.05, 0) is 25.0 Å². The van der Waals surface area contributed by atoms with Gasteiger partial charge in [0.05, 0.1) is 17.6 Å². The number of nitrogens with two attached hydrogens (primary N) is 1. The first kappa shape index (κ1) is 12.2. The van der Waals surface area contributed by atoms with Crippen molar-refractivity contribution in [3.63, 3.8) is 0 Å². The van der Waals surface area contributed by atoms with Crippen LogP contribution in [0.5, 0.6) is 0 Å². The maximum Gasteiger partial charge on any atom is 0.132 e. The number of hydrogen-bond donors (Lipinski definition) is 2. The number of aromatic nitrogens is 2. The molecule has 4 nitrogen and oxygen atoms in total. The maximum absolute atomic E-state index is 13.9. The summed E-state index contributed by atoms with van der Waals surface area (Å²) in [5.41, 5.74) is 8.17. The molecule has 1 saturated heterocycles. The summed E-state index contributed by atoms with van der Waals surface area (Å²) in [6.45, 7) is 1.78. The number of nitrogens with one attached hydrogen (secondary N) is 1. The molecule has 19 heavy (non-hydrogen) atoms. The number of nitrogens with zero attached hydrogens (tertiary/aromatic N) is 2. The van der Waals surface area contributed by atoms with E-state index < -0.39 is 0 Å². The lowest BCUT2D eigenvalue weighted by Crippen LogP contribution is -2.39. The molecule has 1 aliphatic heterocycles. The Balaban J connectivity index is 1.93. The van der Waals surface area contributed by atoms with Crippen molar-refractivity contribution in [2.45, 2.75) is 18.9 Å². The van der Waals surface area contributed by atoms with Crippen molar-refractivity contribution >= 4 is 5.69 Å². The summed E-state index contributed by atoms with van der Waals surface area (Å²) < 4.78 is 13.9. The van der Waals surface area contributed by atoms with Gasteiger partial charge in [0, 0.05) is 24.7 Å². The quantitative estimate of drug-likeness (QED) is 0.869. The van der Waals surface area contributed by atoms with Crippen molar-refractivity contribution in [1.29, 1.82) is 0 Å². The topological polar surface area (TPSA) is 57.9 Å².